The van der Waals surface area contributed by atoms with Crippen LogP contribution in [0.25, 0.3) is 6.08 Å². The fraction of sp³-hybridized carbons (Fsp3) is 0.391. The lowest BCUT2D eigenvalue weighted by Gasteiger charge is -2.26. The van der Waals surface area contributed by atoms with Gasteiger partial charge in [0.15, 0.2) is 5.78 Å². The summed E-state index contributed by atoms with van der Waals surface area (Å²) in [5.74, 6) is -0.101. The van der Waals surface area contributed by atoms with Gasteiger partial charge in [-0.2, -0.15) is 5.26 Å². The largest absolute Gasteiger partial charge is 0.446 e. The van der Waals surface area contributed by atoms with Crippen LogP contribution in [0, 0.1) is 11.3 Å². The Hall–Kier alpha value is -3.06. The fourth-order valence-electron chi connectivity index (χ4n) is 3.53. The van der Waals surface area contributed by atoms with Gasteiger partial charge in [0.25, 0.3) is 0 Å². The van der Waals surface area contributed by atoms with Gasteiger partial charge in [0.1, 0.15) is 12.2 Å². The summed E-state index contributed by atoms with van der Waals surface area (Å²) in [4.78, 5) is 31.6. The smallest absolute Gasteiger partial charge is 0.409 e. The Morgan fingerprint density at radius 3 is 3.00 bits per heavy atom. The number of carbonyl (C=O) groups excluding carboxylic acids is 2. The molecule has 1 amide bonds. The molecule has 2 aromatic heterocycles. The first-order chi connectivity index (χ1) is 15.4. The summed E-state index contributed by atoms with van der Waals surface area (Å²) in [5, 5.41) is 28.1. The van der Waals surface area contributed by atoms with Crippen molar-refractivity contribution in [3.8, 4) is 6.07 Å². The number of rotatable bonds is 8. The van der Waals surface area contributed by atoms with Crippen molar-refractivity contribution in [2.45, 2.75) is 37.9 Å². The molecule has 0 radical (unpaired) electrons. The number of ketones is 1. The van der Waals surface area contributed by atoms with Crippen molar-refractivity contribution in [1.82, 2.24) is 9.88 Å². The maximum Gasteiger partial charge on any atom is 0.409 e. The maximum absolute atomic E-state index is 12.4. The summed E-state index contributed by atoms with van der Waals surface area (Å²) >= 11 is 1.42. The monoisotopic (exact) mass is 455 g/mol. The lowest BCUT2D eigenvalue weighted by atomic mass is 9.92. The molecule has 1 aliphatic rings. The number of pyridine rings is 1. The molecule has 32 heavy (non-hydrogen) atoms. The molecule has 1 aliphatic carbocycles. The minimum atomic E-state index is -1.02. The van der Waals surface area contributed by atoms with Crippen LogP contribution < -0.4 is 0 Å². The molecule has 0 bridgehead atoms. The van der Waals surface area contributed by atoms with E-state index in [1.54, 1.807) is 24.5 Å². The van der Waals surface area contributed by atoms with Crippen molar-refractivity contribution in [2.75, 3.05) is 20.2 Å². The van der Waals surface area contributed by atoms with Gasteiger partial charge in [0, 0.05) is 42.0 Å². The maximum atomic E-state index is 12.4. The third-order valence-electron chi connectivity index (χ3n) is 5.16. The Bertz CT molecular complexity index is 1030. The molecule has 3 rings (SSSR count). The number of fused-ring (bicyclic) bond motifs is 1. The second-order valence-corrected chi connectivity index (χ2v) is 8.83. The van der Waals surface area contributed by atoms with Gasteiger partial charge in [-0.25, -0.2) is 4.79 Å². The summed E-state index contributed by atoms with van der Waals surface area (Å²) in [6, 6.07) is 5.89. The van der Waals surface area contributed by atoms with Gasteiger partial charge in [-0.1, -0.05) is 6.07 Å². The van der Waals surface area contributed by atoms with Gasteiger partial charge in [-0.3, -0.25) is 9.78 Å². The molecule has 168 valence electrons. The number of carbonyl (C=O) groups is 2. The molecular formula is C23H25N3O5S. The zero-order chi connectivity index (χ0) is 23.1. The average molecular weight is 456 g/mol. The van der Waals surface area contributed by atoms with Crippen molar-refractivity contribution in [2.24, 2.45) is 0 Å². The third-order valence-corrected chi connectivity index (χ3v) is 6.41. The Morgan fingerprint density at radius 2 is 2.31 bits per heavy atom. The highest BCUT2D eigenvalue weighted by Gasteiger charge is 2.29. The summed E-state index contributed by atoms with van der Waals surface area (Å²) in [6.07, 6.45) is 6.39. The number of nitriles is 1. The molecule has 2 unspecified atom stereocenters. The van der Waals surface area contributed by atoms with E-state index in [-0.39, 0.29) is 24.9 Å². The predicted octanol–water partition coefficient (Wildman–Crippen LogP) is 2.12. The van der Waals surface area contributed by atoms with E-state index in [1.807, 2.05) is 6.07 Å². The molecule has 9 heteroatoms. The van der Waals surface area contributed by atoms with Gasteiger partial charge >= 0.3 is 6.09 Å². The average Bonchev–Trinajstić information content (AvgIpc) is 3.14. The third kappa shape index (κ3) is 6.01. The number of likely N-dealkylation sites (N-methyl/N-ethyl adjacent to an activating group) is 1. The van der Waals surface area contributed by atoms with Crippen LogP contribution in [-0.4, -0.2) is 64.4 Å². The van der Waals surface area contributed by atoms with Gasteiger partial charge in [0.05, 0.1) is 24.8 Å². The molecule has 0 saturated carbocycles. The van der Waals surface area contributed by atoms with Crippen LogP contribution in [0.3, 0.4) is 0 Å². The first-order valence-corrected chi connectivity index (χ1v) is 11.1. The van der Waals surface area contributed by atoms with Crippen LogP contribution >= 0.6 is 11.3 Å². The van der Waals surface area contributed by atoms with Gasteiger partial charge < -0.3 is 19.8 Å². The van der Waals surface area contributed by atoms with Crippen LogP contribution in [0.2, 0.25) is 0 Å². The van der Waals surface area contributed by atoms with E-state index in [1.165, 1.54) is 29.4 Å². The van der Waals surface area contributed by atoms with Crippen molar-refractivity contribution < 1.29 is 24.5 Å². The van der Waals surface area contributed by atoms with E-state index in [0.717, 1.165) is 20.9 Å². The minimum absolute atomic E-state index is 0.0241. The van der Waals surface area contributed by atoms with Crippen molar-refractivity contribution >= 4 is 29.3 Å². The van der Waals surface area contributed by atoms with E-state index in [4.69, 9.17) is 9.84 Å². The Balaban J connectivity index is 1.64. The highest BCUT2D eigenvalue weighted by Crippen LogP contribution is 2.35. The van der Waals surface area contributed by atoms with E-state index in [2.05, 4.69) is 11.1 Å². The Labute approximate surface area is 190 Å². The van der Waals surface area contributed by atoms with Crippen molar-refractivity contribution in [1.29, 1.82) is 5.26 Å². The van der Waals surface area contributed by atoms with E-state index in [0.29, 0.717) is 24.8 Å². The fourth-order valence-corrected chi connectivity index (χ4v) is 4.91. The SMILES string of the molecule is CN(CC(O)CO)C(=O)OC1CCc2c(sc(CC(=O)/C=C/c3cccnc3)c2C#N)C1. The van der Waals surface area contributed by atoms with Crippen LogP contribution in [0.1, 0.15) is 32.9 Å². The van der Waals surface area contributed by atoms with Crippen LogP contribution in [0.15, 0.2) is 30.6 Å². The number of thiophene rings is 1. The lowest BCUT2D eigenvalue weighted by molar-refractivity contribution is -0.113. The van der Waals surface area contributed by atoms with Crippen LogP contribution in [-0.2, 0) is 28.8 Å². The van der Waals surface area contributed by atoms with E-state index < -0.39 is 18.8 Å². The van der Waals surface area contributed by atoms with Crippen molar-refractivity contribution in [3.63, 3.8) is 0 Å². The normalized spacial score (nSPS) is 16.2. The number of aromatic nitrogens is 1. The van der Waals surface area contributed by atoms with Gasteiger partial charge in [0.2, 0.25) is 0 Å². The van der Waals surface area contributed by atoms with E-state index >= 15 is 0 Å². The summed E-state index contributed by atoms with van der Waals surface area (Å²) in [6.45, 7) is -0.459. The molecule has 0 fully saturated rings. The van der Waals surface area contributed by atoms with Crippen LogP contribution in [0.5, 0.6) is 0 Å². The first kappa shape index (κ1) is 23.6. The molecule has 2 aromatic rings. The number of aliphatic hydroxyl groups excluding tert-OH is 2. The van der Waals surface area contributed by atoms with Crippen molar-refractivity contribution in [3.05, 3.63) is 57.0 Å². The quantitative estimate of drug-likeness (QED) is 0.584. The number of allylic oxidation sites excluding steroid dienone is 1. The molecule has 2 atom stereocenters. The number of hydrogen-bond donors (Lipinski definition) is 2. The number of nitrogens with zero attached hydrogens (tertiary/aromatic N) is 3. The molecule has 0 aliphatic heterocycles. The standard InChI is InChI=1S/C23H25N3O5S/c1-26(13-17(29)14-27)23(30)31-18-6-7-19-20(11-24)21(32-22(19)10-18)9-16(28)5-4-15-3-2-8-25-12-15/h2-5,8,12,17-18,27,29H,6-7,9-10,13-14H2,1H3/b5-4+. The number of ether oxygens (including phenoxy) is 1. The molecule has 0 spiro atoms. The zero-order valence-corrected chi connectivity index (χ0v) is 18.5. The molecule has 0 aromatic carbocycles. The second-order valence-electron chi connectivity index (χ2n) is 7.64. The molecule has 2 N–H and O–H groups in total. The highest BCUT2D eigenvalue weighted by atomic mass is 32.1. The summed E-state index contributed by atoms with van der Waals surface area (Å²) in [7, 11) is 1.50. The lowest BCUT2D eigenvalue weighted by Crippen LogP contribution is -2.38. The summed E-state index contributed by atoms with van der Waals surface area (Å²) < 4.78 is 5.54. The molecule has 8 nitrogen and oxygen atoms in total. The zero-order valence-electron chi connectivity index (χ0n) is 17.7. The highest BCUT2D eigenvalue weighted by molar-refractivity contribution is 7.12. The summed E-state index contributed by atoms with van der Waals surface area (Å²) in [5.41, 5.74) is 2.32. The second kappa shape index (κ2) is 11.0. The predicted molar refractivity (Wildman–Crippen MR) is 119 cm³/mol. The topological polar surface area (TPSA) is 124 Å². The number of aliphatic hydroxyl groups is 2. The van der Waals surface area contributed by atoms with Gasteiger partial charge in [-0.05, 0) is 42.2 Å². The minimum Gasteiger partial charge on any atom is -0.446 e. The molecule has 2 heterocycles. The Kier molecular flexibility index (Phi) is 8.11. The first-order valence-electron chi connectivity index (χ1n) is 10.3. The Morgan fingerprint density at radius 1 is 1.50 bits per heavy atom. The van der Waals surface area contributed by atoms with Gasteiger partial charge in [-0.15, -0.1) is 11.3 Å². The molecular weight excluding hydrogens is 430 g/mol. The van der Waals surface area contributed by atoms with E-state index in [9.17, 15) is 20.0 Å². The number of amides is 1. The molecule has 0 saturated heterocycles. The van der Waals surface area contributed by atoms with Crippen LogP contribution in [0.4, 0.5) is 4.79 Å². The number of hydrogen-bond acceptors (Lipinski definition) is 8.